The second-order valence-corrected chi connectivity index (χ2v) is 3.57. The topological polar surface area (TPSA) is 63.3 Å². The maximum absolute atomic E-state index is 10.2. The second-order valence-electron chi connectivity index (χ2n) is 2.35. The van der Waals surface area contributed by atoms with Crippen molar-refractivity contribution in [3.63, 3.8) is 0 Å². The van der Waals surface area contributed by atoms with Crippen LogP contribution < -0.4 is 5.73 Å². The van der Waals surface area contributed by atoms with E-state index in [1.54, 1.807) is 11.8 Å². The van der Waals surface area contributed by atoms with Gasteiger partial charge in [-0.3, -0.25) is 4.79 Å². The zero-order valence-electron chi connectivity index (χ0n) is 6.75. The van der Waals surface area contributed by atoms with Crippen molar-refractivity contribution in [3.05, 3.63) is 0 Å². The predicted molar refractivity (Wildman–Crippen MR) is 47.8 cm³/mol. The van der Waals surface area contributed by atoms with Gasteiger partial charge < -0.3 is 10.8 Å². The Kier molecular flexibility index (Phi) is 6.36. The smallest absolute Gasteiger partial charge is 0.320 e. The molecule has 11 heavy (non-hydrogen) atoms. The van der Waals surface area contributed by atoms with Crippen LogP contribution in [0.2, 0.25) is 0 Å². The van der Waals surface area contributed by atoms with Crippen molar-refractivity contribution in [3.8, 4) is 0 Å². The predicted octanol–water partition coefficient (Wildman–Crippen LogP) is 0.932. The molecule has 0 radical (unpaired) electrons. The zero-order chi connectivity index (χ0) is 8.69. The van der Waals surface area contributed by atoms with Crippen LogP contribution in [0.1, 0.15) is 19.8 Å². The molecule has 0 rings (SSSR count). The Morgan fingerprint density at radius 2 is 2.27 bits per heavy atom. The fourth-order valence-corrected chi connectivity index (χ4v) is 1.49. The van der Waals surface area contributed by atoms with Gasteiger partial charge in [0.2, 0.25) is 0 Å². The third kappa shape index (κ3) is 6.19. The van der Waals surface area contributed by atoms with Crippen molar-refractivity contribution in [1.82, 2.24) is 0 Å². The quantitative estimate of drug-likeness (QED) is 0.592. The van der Waals surface area contributed by atoms with E-state index in [9.17, 15) is 4.79 Å². The van der Waals surface area contributed by atoms with Gasteiger partial charge in [-0.25, -0.2) is 0 Å². The van der Waals surface area contributed by atoms with E-state index < -0.39 is 12.0 Å². The van der Waals surface area contributed by atoms with E-state index in [0.29, 0.717) is 6.42 Å². The third-order valence-corrected chi connectivity index (χ3v) is 2.46. The maximum atomic E-state index is 10.2. The minimum atomic E-state index is -0.901. The fraction of sp³-hybridized carbons (Fsp3) is 0.857. The van der Waals surface area contributed by atoms with Crippen LogP contribution >= 0.6 is 11.8 Å². The van der Waals surface area contributed by atoms with Gasteiger partial charge in [0.25, 0.3) is 0 Å². The molecule has 0 fully saturated rings. The zero-order valence-corrected chi connectivity index (χ0v) is 7.56. The van der Waals surface area contributed by atoms with Gasteiger partial charge in [-0.05, 0) is 24.3 Å². The van der Waals surface area contributed by atoms with E-state index in [0.717, 1.165) is 17.9 Å². The summed E-state index contributed by atoms with van der Waals surface area (Å²) in [6, 6.07) is -0.681. The van der Waals surface area contributed by atoms with Crippen LogP contribution in [-0.2, 0) is 4.79 Å². The molecule has 0 heterocycles. The van der Waals surface area contributed by atoms with E-state index in [1.165, 1.54) is 0 Å². The van der Waals surface area contributed by atoms with Gasteiger partial charge >= 0.3 is 5.97 Å². The third-order valence-electron chi connectivity index (χ3n) is 1.24. The first-order valence-corrected chi connectivity index (χ1v) is 4.90. The Hall–Kier alpha value is -0.220. The lowest BCUT2D eigenvalue weighted by atomic mass is 10.2. The van der Waals surface area contributed by atoms with Crippen molar-refractivity contribution in [2.24, 2.45) is 5.73 Å². The van der Waals surface area contributed by atoms with Crippen LogP contribution in [0.25, 0.3) is 0 Å². The summed E-state index contributed by atoms with van der Waals surface area (Å²) in [5, 5.41) is 8.40. The summed E-state index contributed by atoms with van der Waals surface area (Å²) < 4.78 is 0. The minimum Gasteiger partial charge on any atom is -0.480 e. The summed E-state index contributed by atoms with van der Waals surface area (Å²) in [6.45, 7) is 2.10. The van der Waals surface area contributed by atoms with Crippen molar-refractivity contribution >= 4 is 17.7 Å². The Bertz CT molecular complexity index is 119. The first kappa shape index (κ1) is 10.8. The molecule has 0 saturated heterocycles. The number of carboxylic acids is 1. The molecule has 0 spiro atoms. The number of carbonyl (C=O) groups is 1. The summed E-state index contributed by atoms with van der Waals surface area (Å²) in [5.41, 5.74) is 5.29. The highest BCUT2D eigenvalue weighted by atomic mass is 32.2. The highest BCUT2D eigenvalue weighted by Crippen LogP contribution is 2.05. The number of carboxylic acid groups (broad SMARTS) is 1. The molecule has 66 valence electrons. The lowest BCUT2D eigenvalue weighted by Crippen LogP contribution is -2.30. The molecular formula is C7H15NO2S. The van der Waals surface area contributed by atoms with Crippen LogP contribution in [-0.4, -0.2) is 28.6 Å². The van der Waals surface area contributed by atoms with E-state index >= 15 is 0 Å². The van der Waals surface area contributed by atoms with Crippen molar-refractivity contribution in [1.29, 1.82) is 0 Å². The maximum Gasteiger partial charge on any atom is 0.320 e. The molecule has 4 heteroatoms. The average molecular weight is 177 g/mol. The summed E-state index contributed by atoms with van der Waals surface area (Å²) in [4.78, 5) is 10.2. The Morgan fingerprint density at radius 1 is 1.64 bits per heavy atom. The first-order valence-electron chi connectivity index (χ1n) is 3.74. The van der Waals surface area contributed by atoms with Gasteiger partial charge in [-0.2, -0.15) is 11.8 Å². The van der Waals surface area contributed by atoms with Crippen LogP contribution in [0, 0.1) is 0 Å². The lowest BCUT2D eigenvalue weighted by Gasteiger charge is -2.04. The van der Waals surface area contributed by atoms with E-state index in [2.05, 4.69) is 6.92 Å². The fourth-order valence-electron chi connectivity index (χ4n) is 0.580. The molecule has 0 aromatic heterocycles. The molecule has 3 N–H and O–H groups in total. The molecule has 0 amide bonds. The first-order chi connectivity index (χ1) is 5.18. The SMILES string of the molecule is CCCSCC[C@H](N)C(=O)O. The molecule has 1 atom stereocenters. The molecule has 0 aliphatic carbocycles. The largest absolute Gasteiger partial charge is 0.480 e. The van der Waals surface area contributed by atoms with Gasteiger partial charge in [0, 0.05) is 0 Å². The number of hydrogen-bond acceptors (Lipinski definition) is 3. The van der Waals surface area contributed by atoms with Gasteiger partial charge in [0.15, 0.2) is 0 Å². The summed E-state index contributed by atoms with van der Waals surface area (Å²) >= 11 is 1.76. The molecule has 0 bridgehead atoms. The highest BCUT2D eigenvalue weighted by Gasteiger charge is 2.09. The van der Waals surface area contributed by atoms with E-state index in [-0.39, 0.29) is 0 Å². The molecule has 0 aromatic rings. The molecule has 0 aliphatic heterocycles. The standard InChI is InChI=1S/C7H15NO2S/c1-2-4-11-5-3-6(8)7(9)10/h6H,2-5,8H2,1H3,(H,9,10)/t6-/m0/s1. The van der Waals surface area contributed by atoms with Crippen molar-refractivity contribution < 1.29 is 9.90 Å². The Labute approximate surface area is 71.3 Å². The van der Waals surface area contributed by atoms with Gasteiger partial charge in [0.05, 0.1) is 0 Å². The van der Waals surface area contributed by atoms with Gasteiger partial charge in [-0.15, -0.1) is 0 Å². The van der Waals surface area contributed by atoms with Crippen molar-refractivity contribution in [2.45, 2.75) is 25.8 Å². The Balaban J connectivity index is 3.17. The summed E-state index contributed by atoms with van der Waals surface area (Å²) in [7, 11) is 0. The van der Waals surface area contributed by atoms with Gasteiger partial charge in [0.1, 0.15) is 6.04 Å². The van der Waals surface area contributed by atoms with Crippen LogP contribution in [0.4, 0.5) is 0 Å². The summed E-state index contributed by atoms with van der Waals surface area (Å²) in [6.07, 6.45) is 1.70. The molecule has 0 unspecified atom stereocenters. The molecule has 3 nitrogen and oxygen atoms in total. The van der Waals surface area contributed by atoms with Crippen LogP contribution in [0.3, 0.4) is 0 Å². The average Bonchev–Trinajstić information content (AvgIpc) is 1.97. The number of nitrogens with two attached hydrogens (primary N) is 1. The number of hydrogen-bond donors (Lipinski definition) is 2. The van der Waals surface area contributed by atoms with Crippen LogP contribution in [0.5, 0.6) is 0 Å². The molecular weight excluding hydrogens is 162 g/mol. The second kappa shape index (κ2) is 6.49. The highest BCUT2D eigenvalue weighted by molar-refractivity contribution is 7.99. The lowest BCUT2D eigenvalue weighted by molar-refractivity contribution is -0.138. The van der Waals surface area contributed by atoms with Crippen LogP contribution in [0.15, 0.2) is 0 Å². The number of thioether (sulfide) groups is 1. The number of aliphatic carboxylic acids is 1. The van der Waals surface area contributed by atoms with Crippen molar-refractivity contribution in [2.75, 3.05) is 11.5 Å². The summed E-state index contributed by atoms with van der Waals surface area (Å²) in [5.74, 6) is 1.04. The molecule has 0 aliphatic rings. The monoisotopic (exact) mass is 177 g/mol. The minimum absolute atomic E-state index is 0.569. The Morgan fingerprint density at radius 3 is 2.73 bits per heavy atom. The number of rotatable bonds is 6. The van der Waals surface area contributed by atoms with Gasteiger partial charge in [-0.1, -0.05) is 6.92 Å². The van der Waals surface area contributed by atoms with E-state index in [1.807, 2.05) is 0 Å². The van der Waals surface area contributed by atoms with E-state index in [4.69, 9.17) is 10.8 Å². The molecule has 0 saturated carbocycles. The molecule has 0 aromatic carbocycles. The normalized spacial score (nSPS) is 12.9.